The minimum absolute atomic E-state index is 0.148. The van der Waals surface area contributed by atoms with Gasteiger partial charge in [0.05, 0.1) is 17.8 Å². The number of rotatable bonds is 5. The van der Waals surface area contributed by atoms with Gasteiger partial charge in [-0.25, -0.2) is 0 Å². The monoisotopic (exact) mass is 312 g/mol. The lowest BCUT2D eigenvalue weighted by molar-refractivity contribution is 0.0769. The van der Waals surface area contributed by atoms with Crippen LogP contribution < -0.4 is 0 Å². The molecule has 0 atom stereocenters. The number of nitrogens with zero attached hydrogens (tertiary/aromatic N) is 6. The molecule has 0 saturated heterocycles. The van der Waals surface area contributed by atoms with Crippen molar-refractivity contribution in [2.45, 2.75) is 19.9 Å². The molecule has 118 valence electrons. The van der Waals surface area contributed by atoms with E-state index in [0.717, 1.165) is 0 Å². The van der Waals surface area contributed by atoms with Gasteiger partial charge in [-0.2, -0.15) is 4.98 Å². The zero-order valence-electron chi connectivity index (χ0n) is 12.9. The van der Waals surface area contributed by atoms with Gasteiger partial charge >= 0.3 is 0 Å². The summed E-state index contributed by atoms with van der Waals surface area (Å²) in [7, 11) is 1.70. The maximum absolute atomic E-state index is 12.7. The molecule has 0 unspecified atom stereocenters. The second-order valence-corrected chi connectivity index (χ2v) is 5.01. The summed E-state index contributed by atoms with van der Waals surface area (Å²) in [5.41, 5.74) is 1.26. The van der Waals surface area contributed by atoms with Gasteiger partial charge in [-0.3, -0.25) is 9.36 Å². The maximum atomic E-state index is 12.7. The molecule has 2 heterocycles. The van der Waals surface area contributed by atoms with Gasteiger partial charge in [0.2, 0.25) is 5.89 Å². The van der Waals surface area contributed by atoms with Crippen molar-refractivity contribution < 1.29 is 9.32 Å². The van der Waals surface area contributed by atoms with E-state index in [1.54, 1.807) is 30.3 Å². The highest BCUT2D eigenvalue weighted by molar-refractivity contribution is 5.97. The molecule has 0 fully saturated rings. The van der Waals surface area contributed by atoms with Crippen LogP contribution in [0.15, 0.2) is 41.4 Å². The van der Waals surface area contributed by atoms with Gasteiger partial charge in [0, 0.05) is 13.5 Å². The summed E-state index contributed by atoms with van der Waals surface area (Å²) in [6.07, 6.45) is 3.80. The number of hydrogen-bond acceptors (Lipinski definition) is 6. The summed E-state index contributed by atoms with van der Waals surface area (Å²) in [5.74, 6) is 0.899. The lowest BCUT2D eigenvalue weighted by Crippen LogP contribution is -2.27. The van der Waals surface area contributed by atoms with Crippen molar-refractivity contribution in [2.24, 2.45) is 0 Å². The summed E-state index contributed by atoms with van der Waals surface area (Å²) in [6.45, 7) is 2.20. The van der Waals surface area contributed by atoms with Crippen LogP contribution in [0.2, 0.25) is 0 Å². The molecule has 0 bridgehead atoms. The molecule has 3 rings (SSSR count). The standard InChI is InChI=1S/C15H16N6O2/c1-3-13-18-14(23-19-13)8-20(2)15(22)11-6-4-5-7-12(11)21-9-16-17-10-21/h4-7,9-10H,3,8H2,1-2H3. The summed E-state index contributed by atoms with van der Waals surface area (Å²) in [4.78, 5) is 18.5. The third kappa shape index (κ3) is 3.10. The third-order valence-corrected chi connectivity index (χ3v) is 3.38. The molecule has 23 heavy (non-hydrogen) atoms. The average Bonchev–Trinajstić information content (AvgIpc) is 3.25. The van der Waals surface area contributed by atoms with E-state index in [1.165, 1.54) is 4.90 Å². The molecule has 3 aromatic rings. The number of benzene rings is 1. The van der Waals surface area contributed by atoms with E-state index in [0.29, 0.717) is 29.4 Å². The fourth-order valence-corrected chi connectivity index (χ4v) is 2.18. The summed E-state index contributed by atoms with van der Waals surface area (Å²) in [6, 6.07) is 7.28. The van der Waals surface area contributed by atoms with Crippen LogP contribution >= 0.6 is 0 Å². The Morgan fingerprint density at radius 3 is 2.70 bits per heavy atom. The quantitative estimate of drug-likeness (QED) is 0.709. The Morgan fingerprint density at radius 1 is 1.26 bits per heavy atom. The minimum atomic E-state index is -0.148. The molecule has 8 nitrogen and oxygen atoms in total. The fourth-order valence-electron chi connectivity index (χ4n) is 2.18. The first-order valence-corrected chi connectivity index (χ1v) is 7.20. The highest BCUT2D eigenvalue weighted by Gasteiger charge is 2.18. The summed E-state index contributed by atoms with van der Waals surface area (Å²) < 4.78 is 6.83. The van der Waals surface area contributed by atoms with Crippen LogP contribution in [0.25, 0.3) is 5.69 Å². The molecule has 2 aromatic heterocycles. The number of para-hydroxylation sites is 1. The predicted molar refractivity (Wildman–Crippen MR) is 80.8 cm³/mol. The van der Waals surface area contributed by atoms with Crippen molar-refractivity contribution in [1.29, 1.82) is 0 Å². The Labute approximate surface area is 132 Å². The molecule has 1 aromatic carbocycles. The van der Waals surface area contributed by atoms with Crippen LogP contribution in [0.5, 0.6) is 0 Å². The number of carbonyl (C=O) groups is 1. The normalized spacial score (nSPS) is 10.7. The molecule has 0 aliphatic carbocycles. The third-order valence-electron chi connectivity index (χ3n) is 3.38. The van der Waals surface area contributed by atoms with Crippen LogP contribution in [0.3, 0.4) is 0 Å². The first-order chi connectivity index (χ1) is 11.2. The van der Waals surface area contributed by atoms with Crippen molar-refractivity contribution >= 4 is 5.91 Å². The highest BCUT2D eigenvalue weighted by atomic mass is 16.5. The number of hydrogen-bond donors (Lipinski definition) is 0. The minimum Gasteiger partial charge on any atom is -0.337 e. The summed E-state index contributed by atoms with van der Waals surface area (Å²) in [5, 5.41) is 11.4. The zero-order valence-corrected chi connectivity index (χ0v) is 12.9. The van der Waals surface area contributed by atoms with Gasteiger partial charge < -0.3 is 9.42 Å². The van der Waals surface area contributed by atoms with Crippen molar-refractivity contribution in [3.63, 3.8) is 0 Å². The molecule has 0 N–H and O–H groups in total. The van der Waals surface area contributed by atoms with E-state index < -0.39 is 0 Å². The van der Waals surface area contributed by atoms with Crippen molar-refractivity contribution in [1.82, 2.24) is 29.8 Å². The second-order valence-electron chi connectivity index (χ2n) is 5.01. The molecule has 0 saturated carbocycles. The summed E-state index contributed by atoms with van der Waals surface area (Å²) >= 11 is 0. The maximum Gasteiger partial charge on any atom is 0.256 e. The SMILES string of the molecule is CCc1noc(CN(C)C(=O)c2ccccc2-n2cnnc2)n1. The zero-order chi connectivity index (χ0) is 16.2. The van der Waals surface area contributed by atoms with E-state index in [-0.39, 0.29) is 12.5 Å². The number of aromatic nitrogens is 5. The second kappa shape index (κ2) is 6.39. The van der Waals surface area contributed by atoms with E-state index in [2.05, 4.69) is 20.3 Å². The van der Waals surface area contributed by atoms with E-state index in [1.807, 2.05) is 25.1 Å². The Hall–Kier alpha value is -3.03. The first-order valence-electron chi connectivity index (χ1n) is 7.20. The Kier molecular flexibility index (Phi) is 4.13. The van der Waals surface area contributed by atoms with Gasteiger partial charge in [-0.05, 0) is 12.1 Å². The largest absolute Gasteiger partial charge is 0.337 e. The molecule has 8 heteroatoms. The van der Waals surface area contributed by atoms with Crippen LogP contribution in [-0.4, -0.2) is 42.8 Å². The topological polar surface area (TPSA) is 89.9 Å². The van der Waals surface area contributed by atoms with Gasteiger partial charge in [0.25, 0.3) is 5.91 Å². The Balaban J connectivity index is 1.82. The number of carbonyl (C=O) groups excluding carboxylic acids is 1. The van der Waals surface area contributed by atoms with E-state index >= 15 is 0 Å². The molecule has 0 spiro atoms. The molecular weight excluding hydrogens is 296 g/mol. The molecule has 0 radical (unpaired) electrons. The van der Waals surface area contributed by atoms with Crippen LogP contribution in [0.4, 0.5) is 0 Å². The molecule has 0 aliphatic heterocycles. The Morgan fingerprint density at radius 2 is 2.00 bits per heavy atom. The lowest BCUT2D eigenvalue weighted by Gasteiger charge is -2.17. The smallest absolute Gasteiger partial charge is 0.256 e. The van der Waals surface area contributed by atoms with Crippen LogP contribution in [0, 0.1) is 0 Å². The van der Waals surface area contributed by atoms with Crippen LogP contribution in [0.1, 0.15) is 29.0 Å². The predicted octanol–water partition coefficient (Wildman–Crippen LogP) is 1.48. The number of aryl methyl sites for hydroxylation is 1. The first kappa shape index (κ1) is 14.9. The average molecular weight is 312 g/mol. The van der Waals surface area contributed by atoms with Crippen molar-refractivity contribution in [3.8, 4) is 5.69 Å². The van der Waals surface area contributed by atoms with E-state index in [4.69, 9.17) is 4.52 Å². The number of amides is 1. The lowest BCUT2D eigenvalue weighted by atomic mass is 10.1. The van der Waals surface area contributed by atoms with Crippen molar-refractivity contribution in [2.75, 3.05) is 7.05 Å². The van der Waals surface area contributed by atoms with Gasteiger partial charge in [0.1, 0.15) is 12.7 Å². The van der Waals surface area contributed by atoms with Crippen LogP contribution in [-0.2, 0) is 13.0 Å². The van der Waals surface area contributed by atoms with Crippen molar-refractivity contribution in [3.05, 3.63) is 54.2 Å². The molecule has 1 amide bonds. The highest BCUT2D eigenvalue weighted by Crippen LogP contribution is 2.16. The van der Waals surface area contributed by atoms with Gasteiger partial charge in [0.15, 0.2) is 5.82 Å². The van der Waals surface area contributed by atoms with Gasteiger partial charge in [-0.1, -0.05) is 24.2 Å². The molecular formula is C15H16N6O2. The molecule has 0 aliphatic rings. The van der Waals surface area contributed by atoms with Gasteiger partial charge in [-0.15, -0.1) is 10.2 Å². The Bertz CT molecular complexity index is 796. The fraction of sp³-hybridized carbons (Fsp3) is 0.267. The van der Waals surface area contributed by atoms with E-state index in [9.17, 15) is 4.79 Å².